The molecule has 0 radical (unpaired) electrons. The molecule has 24 heavy (non-hydrogen) atoms. The Morgan fingerprint density at radius 2 is 2.17 bits per heavy atom. The normalized spacial score (nSPS) is 17.1. The number of nitrogens with one attached hydrogen (secondary N) is 2. The summed E-state index contributed by atoms with van der Waals surface area (Å²) in [7, 11) is 1.39. The third-order valence-electron chi connectivity index (χ3n) is 3.78. The maximum Gasteiger partial charge on any atom is 0.387 e. The van der Waals surface area contributed by atoms with Crippen molar-refractivity contribution in [2.75, 3.05) is 20.2 Å². The summed E-state index contributed by atoms with van der Waals surface area (Å²) < 4.78 is 34.2. The van der Waals surface area contributed by atoms with Crippen molar-refractivity contribution in [3.63, 3.8) is 0 Å². The number of piperidine rings is 1. The molecule has 1 fully saturated rings. The molecule has 1 saturated heterocycles. The molecular weight excluding hydrogens is 342 g/mol. The summed E-state index contributed by atoms with van der Waals surface area (Å²) in [5, 5.41) is 6.05. The first-order chi connectivity index (χ1) is 11.1. The third-order valence-corrected chi connectivity index (χ3v) is 3.78. The second-order valence-electron chi connectivity index (χ2n) is 5.41. The van der Waals surface area contributed by atoms with Gasteiger partial charge in [0.1, 0.15) is 0 Å². The van der Waals surface area contributed by atoms with Crippen molar-refractivity contribution in [2.24, 2.45) is 0 Å². The van der Waals surface area contributed by atoms with Crippen molar-refractivity contribution >= 4 is 18.3 Å². The van der Waals surface area contributed by atoms with E-state index >= 15 is 0 Å². The van der Waals surface area contributed by atoms with E-state index in [0.717, 1.165) is 31.4 Å². The van der Waals surface area contributed by atoms with Crippen molar-refractivity contribution in [2.45, 2.75) is 38.3 Å². The van der Waals surface area contributed by atoms with Crippen LogP contribution in [0.3, 0.4) is 0 Å². The molecule has 1 unspecified atom stereocenters. The van der Waals surface area contributed by atoms with Gasteiger partial charge in [-0.15, -0.1) is 12.4 Å². The molecule has 1 aliphatic rings. The van der Waals surface area contributed by atoms with Crippen LogP contribution in [0, 0.1) is 0 Å². The van der Waals surface area contributed by atoms with Gasteiger partial charge >= 0.3 is 6.61 Å². The van der Waals surface area contributed by atoms with Gasteiger partial charge in [0.05, 0.1) is 13.2 Å². The zero-order valence-electron chi connectivity index (χ0n) is 13.5. The summed E-state index contributed by atoms with van der Waals surface area (Å²) in [6, 6.07) is 4.73. The fraction of sp³-hybridized carbons (Fsp3) is 0.562. The minimum Gasteiger partial charge on any atom is -0.493 e. The predicted octanol–water partition coefficient (Wildman–Crippen LogP) is 2.52. The number of benzene rings is 1. The maximum absolute atomic E-state index is 12.4. The molecule has 1 aliphatic heterocycles. The van der Waals surface area contributed by atoms with Gasteiger partial charge in [0.15, 0.2) is 11.5 Å². The van der Waals surface area contributed by atoms with E-state index in [2.05, 4.69) is 15.4 Å². The first-order valence-corrected chi connectivity index (χ1v) is 7.73. The first kappa shape index (κ1) is 20.4. The summed E-state index contributed by atoms with van der Waals surface area (Å²) in [5.74, 6) is 0.243. The van der Waals surface area contributed by atoms with Crippen LogP contribution in [0.1, 0.15) is 24.8 Å². The second kappa shape index (κ2) is 10.3. The molecule has 1 aromatic rings. The number of hydrogen-bond acceptors (Lipinski definition) is 4. The number of amides is 1. The number of carbonyl (C=O) groups excluding carboxylic acids is 1. The van der Waals surface area contributed by atoms with Crippen molar-refractivity contribution in [3.05, 3.63) is 23.8 Å². The van der Waals surface area contributed by atoms with E-state index in [4.69, 9.17) is 4.74 Å². The average Bonchev–Trinajstić information content (AvgIpc) is 2.55. The Kier molecular flexibility index (Phi) is 8.78. The molecule has 0 aliphatic carbocycles. The Hall–Kier alpha value is -1.60. The molecule has 0 bridgehead atoms. The van der Waals surface area contributed by atoms with E-state index in [-0.39, 0.29) is 35.9 Å². The maximum atomic E-state index is 12.4. The van der Waals surface area contributed by atoms with Gasteiger partial charge in [-0.25, -0.2) is 0 Å². The van der Waals surface area contributed by atoms with E-state index in [0.29, 0.717) is 13.0 Å². The van der Waals surface area contributed by atoms with Crippen LogP contribution in [0.2, 0.25) is 0 Å². The van der Waals surface area contributed by atoms with Gasteiger partial charge in [-0.1, -0.05) is 12.5 Å². The van der Waals surface area contributed by atoms with Crippen LogP contribution in [-0.2, 0) is 11.2 Å². The molecule has 2 rings (SSSR count). The highest BCUT2D eigenvalue weighted by atomic mass is 35.5. The number of ether oxygens (including phenoxy) is 2. The summed E-state index contributed by atoms with van der Waals surface area (Å²) in [4.78, 5) is 12.0. The highest BCUT2D eigenvalue weighted by Crippen LogP contribution is 2.29. The topological polar surface area (TPSA) is 59.6 Å². The van der Waals surface area contributed by atoms with E-state index < -0.39 is 6.61 Å². The van der Waals surface area contributed by atoms with Crippen molar-refractivity contribution in [3.8, 4) is 11.5 Å². The van der Waals surface area contributed by atoms with Crippen molar-refractivity contribution in [1.82, 2.24) is 10.6 Å². The monoisotopic (exact) mass is 364 g/mol. The molecule has 1 amide bonds. The van der Waals surface area contributed by atoms with Crippen molar-refractivity contribution in [1.29, 1.82) is 0 Å². The van der Waals surface area contributed by atoms with E-state index in [1.165, 1.54) is 13.2 Å². The zero-order valence-corrected chi connectivity index (χ0v) is 14.3. The first-order valence-electron chi connectivity index (χ1n) is 7.73. The van der Waals surface area contributed by atoms with Crippen LogP contribution in [0.4, 0.5) is 8.78 Å². The minimum absolute atomic E-state index is 0. The number of carbonyl (C=O) groups is 1. The quantitative estimate of drug-likeness (QED) is 0.780. The lowest BCUT2D eigenvalue weighted by Crippen LogP contribution is -2.47. The number of hydrogen-bond donors (Lipinski definition) is 2. The lowest BCUT2D eigenvalue weighted by Gasteiger charge is -2.22. The lowest BCUT2D eigenvalue weighted by atomic mass is 10.0. The molecule has 0 saturated carbocycles. The predicted molar refractivity (Wildman–Crippen MR) is 89.2 cm³/mol. The minimum atomic E-state index is -2.91. The fourth-order valence-corrected chi connectivity index (χ4v) is 2.59. The standard InChI is InChI=1S/C16H22F2N2O3.ClH/c1-22-13-6-5-11(10-14(13)23-16(17)18)7-9-20-15(21)12-4-2-3-8-19-12;/h5-6,10,12,16,19H,2-4,7-9H2,1H3,(H,20,21);1H. The molecule has 1 aromatic carbocycles. The Labute approximate surface area is 146 Å². The van der Waals surface area contributed by atoms with Gasteiger partial charge < -0.3 is 20.1 Å². The molecule has 8 heteroatoms. The fourth-order valence-electron chi connectivity index (χ4n) is 2.59. The van der Waals surface area contributed by atoms with Crippen molar-refractivity contribution < 1.29 is 23.0 Å². The molecule has 0 aromatic heterocycles. The van der Waals surface area contributed by atoms with Gasteiger partial charge in [-0.3, -0.25) is 4.79 Å². The molecular formula is C16H23ClF2N2O3. The summed E-state index contributed by atoms with van der Waals surface area (Å²) in [5.41, 5.74) is 0.790. The molecule has 2 N–H and O–H groups in total. The SMILES string of the molecule is COc1ccc(CCNC(=O)C2CCCCN2)cc1OC(F)F.Cl. The van der Waals surface area contributed by atoms with E-state index in [1.54, 1.807) is 12.1 Å². The van der Waals surface area contributed by atoms with Gasteiger partial charge in [-0.2, -0.15) is 8.78 Å². The average molecular weight is 365 g/mol. The number of alkyl halides is 2. The number of halogens is 3. The van der Waals surface area contributed by atoms with Crippen LogP contribution < -0.4 is 20.1 Å². The molecule has 1 atom stereocenters. The van der Waals surface area contributed by atoms with Crippen LogP contribution in [0.15, 0.2) is 18.2 Å². The molecule has 1 heterocycles. The largest absolute Gasteiger partial charge is 0.493 e. The van der Waals surface area contributed by atoms with E-state index in [1.807, 2.05) is 0 Å². The van der Waals surface area contributed by atoms with Gasteiger partial charge in [0.2, 0.25) is 5.91 Å². The Balaban J connectivity index is 0.00000288. The van der Waals surface area contributed by atoms with Crippen LogP contribution in [0.5, 0.6) is 11.5 Å². The van der Waals surface area contributed by atoms with Gasteiger partial charge in [-0.05, 0) is 43.5 Å². The second-order valence-corrected chi connectivity index (χ2v) is 5.41. The zero-order chi connectivity index (χ0) is 16.7. The van der Waals surface area contributed by atoms with Gasteiger partial charge in [0, 0.05) is 6.54 Å². The van der Waals surface area contributed by atoms with Crippen LogP contribution in [0.25, 0.3) is 0 Å². The van der Waals surface area contributed by atoms with Crippen LogP contribution in [-0.4, -0.2) is 38.8 Å². The highest BCUT2D eigenvalue weighted by Gasteiger charge is 2.19. The highest BCUT2D eigenvalue weighted by molar-refractivity contribution is 5.85. The lowest BCUT2D eigenvalue weighted by molar-refractivity contribution is -0.123. The number of methoxy groups -OCH3 is 1. The third kappa shape index (κ3) is 6.13. The van der Waals surface area contributed by atoms with Crippen LogP contribution >= 0.6 is 12.4 Å². The molecule has 0 spiro atoms. The Bertz CT molecular complexity index is 526. The summed E-state index contributed by atoms with van der Waals surface area (Å²) in [6.45, 7) is -1.60. The van der Waals surface area contributed by atoms with E-state index in [9.17, 15) is 13.6 Å². The summed E-state index contributed by atoms with van der Waals surface area (Å²) >= 11 is 0. The Morgan fingerprint density at radius 3 is 2.79 bits per heavy atom. The molecule has 136 valence electrons. The number of rotatable bonds is 7. The smallest absolute Gasteiger partial charge is 0.387 e. The molecule has 5 nitrogen and oxygen atoms in total. The van der Waals surface area contributed by atoms with Gasteiger partial charge in [0.25, 0.3) is 0 Å². The Morgan fingerprint density at radius 1 is 1.38 bits per heavy atom. The summed E-state index contributed by atoms with van der Waals surface area (Å²) in [6.07, 6.45) is 3.53.